The molecule has 0 aliphatic heterocycles. The molecule has 1 aliphatic rings. The largest absolute Gasteiger partial charge is 0.311 e. The summed E-state index contributed by atoms with van der Waals surface area (Å²) in [5.41, 5.74) is 2.28. The lowest BCUT2D eigenvalue weighted by atomic mass is 10.1. The van der Waals surface area contributed by atoms with E-state index in [0.717, 1.165) is 24.8 Å². The van der Waals surface area contributed by atoms with Crippen molar-refractivity contribution in [3.05, 3.63) is 34.0 Å². The molecule has 5 nitrogen and oxygen atoms in total. The maximum absolute atomic E-state index is 12.3. The van der Waals surface area contributed by atoms with Crippen LogP contribution in [0.25, 0.3) is 0 Å². The number of aryl methyl sites for hydroxylation is 2. The number of nitrogens with one attached hydrogen (secondary N) is 1. The molecular formula is C14H14N4OS. The average Bonchev–Trinajstić information content (AvgIpc) is 3.12. The molecule has 1 aliphatic carbocycles. The summed E-state index contributed by atoms with van der Waals surface area (Å²) in [6.07, 6.45) is 4.67. The summed E-state index contributed by atoms with van der Waals surface area (Å²) in [6.45, 7) is 2.58. The van der Waals surface area contributed by atoms with Gasteiger partial charge in [-0.15, -0.1) is 11.3 Å². The number of carbonyl (C=O) groups excluding carboxylic acids is 1. The van der Waals surface area contributed by atoms with Crippen molar-refractivity contribution < 1.29 is 4.79 Å². The van der Waals surface area contributed by atoms with E-state index in [2.05, 4.69) is 16.5 Å². The van der Waals surface area contributed by atoms with E-state index in [1.54, 1.807) is 16.9 Å². The summed E-state index contributed by atoms with van der Waals surface area (Å²) in [5, 5.41) is 16.9. The van der Waals surface area contributed by atoms with Gasteiger partial charge in [0.2, 0.25) is 0 Å². The zero-order chi connectivity index (χ0) is 14.1. The third-order valence-electron chi connectivity index (χ3n) is 3.51. The van der Waals surface area contributed by atoms with Crippen LogP contribution in [0, 0.1) is 11.3 Å². The molecular weight excluding hydrogens is 272 g/mol. The van der Waals surface area contributed by atoms with Gasteiger partial charge in [-0.3, -0.25) is 9.48 Å². The molecule has 0 fully saturated rings. The number of nitrogens with zero attached hydrogens (tertiary/aromatic N) is 3. The predicted molar refractivity (Wildman–Crippen MR) is 76.9 cm³/mol. The Morgan fingerprint density at radius 3 is 3.20 bits per heavy atom. The van der Waals surface area contributed by atoms with Crippen LogP contribution in [0.4, 0.5) is 5.00 Å². The lowest BCUT2D eigenvalue weighted by Gasteiger charge is -2.05. The normalized spacial score (nSPS) is 13.0. The molecule has 3 rings (SSSR count). The van der Waals surface area contributed by atoms with Crippen molar-refractivity contribution in [2.75, 3.05) is 5.32 Å². The first-order valence-electron chi connectivity index (χ1n) is 6.62. The number of hydrogen-bond donors (Lipinski definition) is 1. The lowest BCUT2D eigenvalue weighted by molar-refractivity contribution is 0.101. The van der Waals surface area contributed by atoms with E-state index in [1.165, 1.54) is 16.2 Å². The number of anilines is 1. The Balaban J connectivity index is 1.89. The van der Waals surface area contributed by atoms with Gasteiger partial charge in [-0.1, -0.05) is 0 Å². The van der Waals surface area contributed by atoms with Crippen LogP contribution in [0.3, 0.4) is 0 Å². The van der Waals surface area contributed by atoms with Gasteiger partial charge >= 0.3 is 0 Å². The highest BCUT2D eigenvalue weighted by Gasteiger charge is 2.23. The van der Waals surface area contributed by atoms with Crippen molar-refractivity contribution in [2.24, 2.45) is 0 Å². The van der Waals surface area contributed by atoms with Crippen LogP contribution in [-0.4, -0.2) is 15.7 Å². The van der Waals surface area contributed by atoms with Gasteiger partial charge in [0.1, 0.15) is 16.8 Å². The molecule has 0 radical (unpaired) electrons. The quantitative estimate of drug-likeness (QED) is 0.942. The minimum Gasteiger partial charge on any atom is -0.311 e. The van der Waals surface area contributed by atoms with E-state index in [-0.39, 0.29) is 5.91 Å². The zero-order valence-electron chi connectivity index (χ0n) is 11.1. The third-order valence-corrected chi connectivity index (χ3v) is 4.72. The summed E-state index contributed by atoms with van der Waals surface area (Å²) in [7, 11) is 0. The van der Waals surface area contributed by atoms with E-state index in [4.69, 9.17) is 0 Å². The standard InChI is InChI=1S/C14H14N4OS/c1-2-18-11(6-7-16-18)13(19)17-14-10(8-15)9-4-3-5-12(9)20-14/h6-7H,2-5H2,1H3,(H,17,19). The molecule has 2 heterocycles. The maximum Gasteiger partial charge on any atom is 0.274 e. The highest BCUT2D eigenvalue weighted by molar-refractivity contribution is 7.16. The van der Waals surface area contributed by atoms with Gasteiger partial charge in [-0.05, 0) is 37.8 Å². The lowest BCUT2D eigenvalue weighted by Crippen LogP contribution is -2.17. The minimum atomic E-state index is -0.208. The minimum absolute atomic E-state index is 0.208. The highest BCUT2D eigenvalue weighted by atomic mass is 32.1. The number of carbonyl (C=O) groups is 1. The van der Waals surface area contributed by atoms with Gasteiger partial charge in [0.05, 0.1) is 5.56 Å². The second-order valence-electron chi connectivity index (χ2n) is 4.66. The molecule has 0 bridgehead atoms. The molecule has 102 valence electrons. The summed E-state index contributed by atoms with van der Waals surface area (Å²) < 4.78 is 1.64. The Morgan fingerprint density at radius 2 is 2.45 bits per heavy atom. The molecule has 2 aromatic heterocycles. The third kappa shape index (κ3) is 2.00. The monoisotopic (exact) mass is 286 g/mol. The maximum atomic E-state index is 12.3. The van der Waals surface area contributed by atoms with Gasteiger partial charge in [0.15, 0.2) is 0 Å². The van der Waals surface area contributed by atoms with E-state index < -0.39 is 0 Å². The number of rotatable bonds is 3. The van der Waals surface area contributed by atoms with Crippen molar-refractivity contribution in [2.45, 2.75) is 32.7 Å². The topological polar surface area (TPSA) is 70.7 Å². The molecule has 2 aromatic rings. The van der Waals surface area contributed by atoms with E-state index in [1.807, 2.05) is 6.92 Å². The van der Waals surface area contributed by atoms with Gasteiger partial charge in [0.25, 0.3) is 5.91 Å². The van der Waals surface area contributed by atoms with E-state index >= 15 is 0 Å². The molecule has 0 atom stereocenters. The molecule has 20 heavy (non-hydrogen) atoms. The van der Waals surface area contributed by atoms with E-state index in [0.29, 0.717) is 22.8 Å². The molecule has 0 spiro atoms. The Labute approximate surface area is 120 Å². The number of amides is 1. The first-order chi connectivity index (χ1) is 9.74. The molecule has 0 saturated carbocycles. The number of hydrogen-bond acceptors (Lipinski definition) is 4. The fourth-order valence-electron chi connectivity index (χ4n) is 2.56. The summed E-state index contributed by atoms with van der Waals surface area (Å²) in [4.78, 5) is 13.5. The van der Waals surface area contributed by atoms with Gasteiger partial charge < -0.3 is 5.32 Å². The Hall–Kier alpha value is -2.13. The van der Waals surface area contributed by atoms with Crippen molar-refractivity contribution in [1.82, 2.24) is 9.78 Å². The van der Waals surface area contributed by atoms with Gasteiger partial charge in [-0.25, -0.2) is 0 Å². The number of fused-ring (bicyclic) bond motifs is 1. The molecule has 0 aromatic carbocycles. The van der Waals surface area contributed by atoms with Gasteiger partial charge in [0, 0.05) is 17.6 Å². The zero-order valence-corrected chi connectivity index (χ0v) is 12.0. The predicted octanol–water partition coefficient (Wildman–Crippen LogP) is 2.58. The van der Waals surface area contributed by atoms with Crippen LogP contribution in [0.2, 0.25) is 0 Å². The molecule has 1 amide bonds. The highest BCUT2D eigenvalue weighted by Crippen LogP contribution is 2.38. The smallest absolute Gasteiger partial charge is 0.274 e. The van der Waals surface area contributed by atoms with Crippen LogP contribution in [0.5, 0.6) is 0 Å². The summed E-state index contributed by atoms with van der Waals surface area (Å²) in [5.74, 6) is -0.208. The van der Waals surface area contributed by atoms with Crippen molar-refractivity contribution in [3.63, 3.8) is 0 Å². The summed E-state index contributed by atoms with van der Waals surface area (Å²) in [6, 6.07) is 3.92. The molecule has 6 heteroatoms. The Morgan fingerprint density at radius 1 is 1.60 bits per heavy atom. The van der Waals surface area contributed by atoms with Crippen LogP contribution in [-0.2, 0) is 19.4 Å². The number of nitriles is 1. The van der Waals surface area contributed by atoms with Crippen LogP contribution in [0.15, 0.2) is 12.3 Å². The SMILES string of the molecule is CCn1nccc1C(=O)Nc1sc2c(c1C#N)CCC2. The fraction of sp³-hybridized carbons (Fsp3) is 0.357. The van der Waals surface area contributed by atoms with Crippen molar-refractivity contribution in [1.29, 1.82) is 5.26 Å². The Kier molecular flexibility index (Phi) is 3.28. The molecule has 0 saturated heterocycles. The summed E-state index contributed by atoms with van der Waals surface area (Å²) >= 11 is 1.53. The van der Waals surface area contributed by atoms with Crippen molar-refractivity contribution >= 4 is 22.2 Å². The van der Waals surface area contributed by atoms with Gasteiger partial charge in [-0.2, -0.15) is 10.4 Å². The van der Waals surface area contributed by atoms with Crippen LogP contribution in [0.1, 0.15) is 39.8 Å². The second kappa shape index (κ2) is 5.10. The van der Waals surface area contributed by atoms with Crippen molar-refractivity contribution in [3.8, 4) is 6.07 Å². The molecule has 0 unspecified atom stereocenters. The second-order valence-corrected chi connectivity index (χ2v) is 5.76. The molecule has 1 N–H and O–H groups in total. The first kappa shape index (κ1) is 12.9. The number of thiophene rings is 1. The van der Waals surface area contributed by atoms with Crippen LogP contribution < -0.4 is 5.32 Å². The first-order valence-corrected chi connectivity index (χ1v) is 7.44. The number of aromatic nitrogens is 2. The van der Waals surface area contributed by atoms with Crippen LogP contribution >= 0.6 is 11.3 Å². The fourth-order valence-corrected chi connectivity index (χ4v) is 3.79. The van der Waals surface area contributed by atoms with E-state index in [9.17, 15) is 10.1 Å². The Bertz CT molecular complexity index is 707. The average molecular weight is 286 g/mol.